The Kier molecular flexibility index (Phi) is 8.33. The van der Waals surface area contributed by atoms with E-state index in [4.69, 9.17) is 18.9 Å². The second kappa shape index (κ2) is 12.0. The van der Waals surface area contributed by atoms with Crippen molar-refractivity contribution in [3.05, 3.63) is 83.9 Å². The van der Waals surface area contributed by atoms with Crippen molar-refractivity contribution in [2.75, 3.05) is 38.1 Å². The normalized spacial score (nSPS) is 10.5. The minimum atomic E-state index is -0.324. The van der Waals surface area contributed by atoms with E-state index in [0.29, 0.717) is 34.4 Å². The first-order valence-electron chi connectivity index (χ1n) is 12.0. The lowest BCUT2D eigenvalue weighted by atomic mass is 10.1. The van der Waals surface area contributed by atoms with Crippen molar-refractivity contribution in [1.82, 2.24) is 0 Å². The Morgan fingerprint density at radius 1 is 0.605 bits per heavy atom. The molecule has 0 unspecified atom stereocenters. The molecule has 4 aromatic carbocycles. The van der Waals surface area contributed by atoms with Crippen LogP contribution in [-0.4, -0.2) is 39.2 Å². The number of methoxy groups -OCH3 is 2. The van der Waals surface area contributed by atoms with Crippen molar-refractivity contribution in [3.63, 3.8) is 0 Å². The van der Waals surface area contributed by atoms with Crippen LogP contribution in [0.4, 0.5) is 11.4 Å². The molecule has 0 fully saturated rings. The van der Waals surface area contributed by atoms with Crippen LogP contribution < -0.4 is 29.6 Å². The van der Waals surface area contributed by atoms with Gasteiger partial charge in [-0.15, -0.1) is 0 Å². The molecule has 0 radical (unpaired) electrons. The number of amides is 2. The van der Waals surface area contributed by atoms with Gasteiger partial charge in [0.05, 0.1) is 14.2 Å². The van der Waals surface area contributed by atoms with Crippen LogP contribution in [0.2, 0.25) is 0 Å². The molecule has 0 saturated carbocycles. The summed E-state index contributed by atoms with van der Waals surface area (Å²) in [7, 11) is 3.11. The summed E-state index contributed by atoms with van der Waals surface area (Å²) in [6.07, 6.45) is 0. The van der Waals surface area contributed by atoms with Crippen molar-refractivity contribution < 1.29 is 28.5 Å². The Labute approximate surface area is 221 Å². The molecule has 0 aliphatic rings. The van der Waals surface area contributed by atoms with Crippen molar-refractivity contribution in [2.45, 2.75) is 13.8 Å². The summed E-state index contributed by atoms with van der Waals surface area (Å²) in [4.78, 5) is 25.4. The summed E-state index contributed by atoms with van der Waals surface area (Å²) in [5, 5.41) is 7.33. The Morgan fingerprint density at radius 3 is 1.42 bits per heavy atom. The van der Waals surface area contributed by atoms with Crippen LogP contribution >= 0.6 is 0 Å². The second-order valence-corrected chi connectivity index (χ2v) is 8.69. The van der Waals surface area contributed by atoms with Gasteiger partial charge in [-0.2, -0.15) is 0 Å². The summed E-state index contributed by atoms with van der Waals surface area (Å²) in [5.41, 5.74) is 3.25. The summed E-state index contributed by atoms with van der Waals surface area (Å²) >= 11 is 0. The van der Waals surface area contributed by atoms with E-state index >= 15 is 0 Å². The predicted octanol–water partition coefficient (Wildman–Crippen LogP) is 5.51. The highest BCUT2D eigenvalue weighted by Gasteiger charge is 2.13. The number of carbonyl (C=O) groups is 2. The molecule has 0 aromatic heterocycles. The summed E-state index contributed by atoms with van der Waals surface area (Å²) in [5.74, 6) is 1.45. The van der Waals surface area contributed by atoms with E-state index in [9.17, 15) is 9.59 Å². The number of anilines is 2. The zero-order chi connectivity index (χ0) is 27.1. The van der Waals surface area contributed by atoms with Gasteiger partial charge in [-0.05, 0) is 61.4 Å². The fourth-order valence-corrected chi connectivity index (χ4v) is 3.98. The Balaban J connectivity index is 1.42. The van der Waals surface area contributed by atoms with Crippen LogP contribution in [0.15, 0.2) is 72.8 Å². The van der Waals surface area contributed by atoms with Gasteiger partial charge in [0.2, 0.25) is 0 Å². The van der Waals surface area contributed by atoms with Crippen molar-refractivity contribution in [3.8, 4) is 23.0 Å². The van der Waals surface area contributed by atoms with Crippen LogP contribution in [0.1, 0.15) is 11.1 Å². The van der Waals surface area contributed by atoms with Crippen LogP contribution in [0.5, 0.6) is 23.0 Å². The standard InChI is InChI=1S/C30H30N2O6/c1-19-11-13-25(27(15-19)35-3)37-17-29(33)31-23-9-5-8-22-21(23)7-6-10-24(22)32-30(34)18-38-26-14-12-20(2)16-28(26)36-4/h5-16H,17-18H2,1-4H3,(H,31,33)(H,32,34). The SMILES string of the molecule is COc1cc(C)ccc1OCC(=O)Nc1cccc2c(NC(=O)COc3ccc(C)cc3OC)cccc12. The van der Waals surface area contributed by atoms with E-state index in [0.717, 1.165) is 21.9 Å². The highest BCUT2D eigenvalue weighted by molar-refractivity contribution is 6.09. The number of hydrogen-bond acceptors (Lipinski definition) is 6. The zero-order valence-electron chi connectivity index (χ0n) is 21.8. The quantitative estimate of drug-likeness (QED) is 0.290. The number of nitrogens with one attached hydrogen (secondary N) is 2. The fourth-order valence-electron chi connectivity index (χ4n) is 3.98. The predicted molar refractivity (Wildman–Crippen MR) is 148 cm³/mol. The molecule has 4 rings (SSSR count). The third kappa shape index (κ3) is 6.34. The summed E-state index contributed by atoms with van der Waals surface area (Å²) in [6, 6.07) is 22.0. The highest BCUT2D eigenvalue weighted by atomic mass is 16.5. The third-order valence-electron chi connectivity index (χ3n) is 5.83. The molecule has 4 aromatic rings. The van der Waals surface area contributed by atoms with Crippen molar-refractivity contribution in [2.24, 2.45) is 0 Å². The van der Waals surface area contributed by atoms with Crippen molar-refractivity contribution in [1.29, 1.82) is 0 Å². The van der Waals surface area contributed by atoms with Crippen LogP contribution in [0.25, 0.3) is 10.8 Å². The van der Waals surface area contributed by atoms with E-state index in [1.165, 1.54) is 0 Å². The van der Waals surface area contributed by atoms with E-state index in [1.807, 2.05) is 62.4 Å². The number of benzene rings is 4. The van der Waals surface area contributed by atoms with E-state index in [2.05, 4.69) is 10.6 Å². The Hall–Kier alpha value is -4.72. The maximum absolute atomic E-state index is 12.7. The minimum Gasteiger partial charge on any atom is -0.493 e. The lowest BCUT2D eigenvalue weighted by Crippen LogP contribution is -2.21. The van der Waals surface area contributed by atoms with Gasteiger partial charge in [-0.1, -0.05) is 36.4 Å². The molecule has 0 aliphatic carbocycles. The van der Waals surface area contributed by atoms with Crippen LogP contribution in [0, 0.1) is 13.8 Å². The first-order chi connectivity index (χ1) is 18.4. The van der Waals surface area contributed by atoms with Gasteiger partial charge in [-0.3, -0.25) is 9.59 Å². The molecule has 0 atom stereocenters. The second-order valence-electron chi connectivity index (χ2n) is 8.69. The maximum Gasteiger partial charge on any atom is 0.262 e. The molecule has 8 heteroatoms. The van der Waals surface area contributed by atoms with E-state index < -0.39 is 0 Å². The molecule has 0 heterocycles. The van der Waals surface area contributed by atoms with Crippen LogP contribution in [-0.2, 0) is 9.59 Å². The molecule has 196 valence electrons. The molecule has 2 N–H and O–H groups in total. The zero-order valence-corrected chi connectivity index (χ0v) is 21.8. The topological polar surface area (TPSA) is 95.1 Å². The number of ether oxygens (including phenoxy) is 4. The largest absolute Gasteiger partial charge is 0.493 e. The monoisotopic (exact) mass is 514 g/mol. The molecule has 8 nitrogen and oxygen atoms in total. The minimum absolute atomic E-state index is 0.188. The lowest BCUT2D eigenvalue weighted by molar-refractivity contribution is -0.118. The average molecular weight is 515 g/mol. The lowest BCUT2D eigenvalue weighted by Gasteiger charge is -2.14. The molecule has 0 bridgehead atoms. The first-order valence-corrected chi connectivity index (χ1v) is 12.0. The fraction of sp³-hybridized carbons (Fsp3) is 0.200. The number of hydrogen-bond donors (Lipinski definition) is 2. The molecule has 0 saturated heterocycles. The van der Waals surface area contributed by atoms with Gasteiger partial charge < -0.3 is 29.6 Å². The Morgan fingerprint density at radius 2 is 1.03 bits per heavy atom. The number of carbonyl (C=O) groups excluding carboxylic acids is 2. The number of rotatable bonds is 10. The summed E-state index contributed by atoms with van der Waals surface area (Å²) in [6.45, 7) is 3.52. The average Bonchev–Trinajstić information content (AvgIpc) is 2.92. The highest BCUT2D eigenvalue weighted by Crippen LogP contribution is 2.31. The number of aryl methyl sites for hydroxylation is 2. The molecule has 0 aliphatic heterocycles. The van der Waals surface area contributed by atoms with E-state index in [1.54, 1.807) is 38.5 Å². The Bertz CT molecular complexity index is 1360. The van der Waals surface area contributed by atoms with Crippen LogP contribution in [0.3, 0.4) is 0 Å². The first kappa shape index (κ1) is 26.3. The van der Waals surface area contributed by atoms with Gasteiger partial charge in [-0.25, -0.2) is 0 Å². The molecular formula is C30H30N2O6. The molecule has 2 amide bonds. The van der Waals surface area contributed by atoms with Gasteiger partial charge in [0.25, 0.3) is 11.8 Å². The third-order valence-corrected chi connectivity index (χ3v) is 5.83. The summed E-state index contributed by atoms with van der Waals surface area (Å²) < 4.78 is 22.0. The van der Waals surface area contributed by atoms with Gasteiger partial charge in [0, 0.05) is 22.1 Å². The molecule has 38 heavy (non-hydrogen) atoms. The van der Waals surface area contributed by atoms with Gasteiger partial charge >= 0.3 is 0 Å². The molecular weight excluding hydrogens is 484 g/mol. The maximum atomic E-state index is 12.7. The van der Waals surface area contributed by atoms with E-state index in [-0.39, 0.29) is 25.0 Å². The molecule has 0 spiro atoms. The van der Waals surface area contributed by atoms with Gasteiger partial charge in [0.15, 0.2) is 36.2 Å². The smallest absolute Gasteiger partial charge is 0.262 e. The van der Waals surface area contributed by atoms with Gasteiger partial charge in [0.1, 0.15) is 0 Å². The van der Waals surface area contributed by atoms with Crippen molar-refractivity contribution >= 4 is 34.0 Å². The number of fused-ring (bicyclic) bond motifs is 1.